The summed E-state index contributed by atoms with van der Waals surface area (Å²) in [5.41, 5.74) is 2.66. The molecule has 0 fully saturated rings. The molecule has 0 radical (unpaired) electrons. The molecule has 0 aromatic heterocycles. The van der Waals surface area contributed by atoms with E-state index in [1.807, 2.05) is 26.0 Å². The molecule has 1 aromatic carbocycles. The molecule has 0 aliphatic heterocycles. The summed E-state index contributed by atoms with van der Waals surface area (Å²) in [5.74, 6) is 0.769. The van der Waals surface area contributed by atoms with Crippen LogP contribution in [0.2, 0.25) is 0 Å². The normalized spacial score (nSPS) is 14.5. The fourth-order valence-corrected chi connectivity index (χ4v) is 2.45. The maximum atomic E-state index is 10.1. The Morgan fingerprint density at radius 3 is 2.18 bits per heavy atom. The average molecular weight is 303 g/mol. The Bertz CT molecular complexity index is 356. The number of benzene rings is 1. The molecule has 2 unspecified atom stereocenters. The van der Waals surface area contributed by atoms with Gasteiger partial charge in [-0.25, -0.2) is 0 Å². The van der Waals surface area contributed by atoms with Crippen molar-refractivity contribution in [3.8, 4) is 5.75 Å². The Kier molecular flexibility index (Phi) is 5.43. The van der Waals surface area contributed by atoms with Crippen LogP contribution in [0.4, 0.5) is 0 Å². The average Bonchev–Trinajstić information content (AvgIpc) is 2.28. The van der Waals surface area contributed by atoms with E-state index in [-0.39, 0.29) is 0 Å². The first-order valence-electron chi connectivity index (χ1n) is 5.58. The van der Waals surface area contributed by atoms with E-state index in [1.54, 1.807) is 7.11 Å². The molecule has 0 bridgehead atoms. The Balaban J connectivity index is 3.05. The van der Waals surface area contributed by atoms with Gasteiger partial charge in [0.1, 0.15) is 11.9 Å². The Hall–Kier alpha value is -0.580. The molecule has 0 heterocycles. The van der Waals surface area contributed by atoms with Gasteiger partial charge in [0.25, 0.3) is 0 Å². The van der Waals surface area contributed by atoms with Crippen molar-refractivity contribution in [3.05, 3.63) is 28.8 Å². The van der Waals surface area contributed by atoms with Crippen molar-refractivity contribution in [2.24, 2.45) is 0 Å². The topological polar surface area (TPSA) is 49.7 Å². The van der Waals surface area contributed by atoms with Crippen LogP contribution in [-0.4, -0.2) is 28.8 Å². The molecule has 4 heteroatoms. The Morgan fingerprint density at radius 2 is 1.76 bits per heavy atom. The van der Waals surface area contributed by atoms with E-state index < -0.39 is 12.2 Å². The monoisotopic (exact) mass is 302 g/mol. The highest BCUT2D eigenvalue weighted by Crippen LogP contribution is 2.29. The highest BCUT2D eigenvalue weighted by Gasteiger charge is 2.21. The first-order valence-corrected chi connectivity index (χ1v) is 6.70. The summed E-state index contributed by atoms with van der Waals surface area (Å²) < 4.78 is 5.17. The number of hydrogen-bond donors (Lipinski definition) is 2. The summed E-state index contributed by atoms with van der Waals surface area (Å²) in [6, 6.07) is 3.73. The smallest absolute Gasteiger partial charge is 0.119 e. The molecule has 0 amide bonds. The number of ether oxygens (including phenoxy) is 1. The lowest BCUT2D eigenvalue weighted by Gasteiger charge is -2.22. The van der Waals surface area contributed by atoms with E-state index in [2.05, 4.69) is 15.9 Å². The molecule has 0 aliphatic carbocycles. The van der Waals surface area contributed by atoms with Gasteiger partial charge < -0.3 is 14.9 Å². The quantitative estimate of drug-likeness (QED) is 0.822. The molecule has 96 valence electrons. The summed E-state index contributed by atoms with van der Waals surface area (Å²) in [4.78, 5) is 0. The number of rotatable bonds is 5. The third-order valence-corrected chi connectivity index (χ3v) is 3.33. The molecular formula is C13H19BrO3. The second kappa shape index (κ2) is 6.38. The van der Waals surface area contributed by atoms with Gasteiger partial charge in [-0.05, 0) is 49.1 Å². The highest BCUT2D eigenvalue weighted by atomic mass is 79.9. The second-order valence-electron chi connectivity index (χ2n) is 4.16. The van der Waals surface area contributed by atoms with Gasteiger partial charge in [-0.3, -0.25) is 0 Å². The number of aryl methyl sites for hydroxylation is 2. The maximum absolute atomic E-state index is 10.1. The van der Waals surface area contributed by atoms with E-state index in [1.165, 1.54) is 0 Å². The van der Waals surface area contributed by atoms with E-state index in [9.17, 15) is 10.2 Å². The van der Waals surface area contributed by atoms with Crippen LogP contribution in [0.3, 0.4) is 0 Å². The zero-order valence-corrected chi connectivity index (χ0v) is 12.0. The molecule has 2 N–H and O–H groups in total. The van der Waals surface area contributed by atoms with E-state index >= 15 is 0 Å². The highest BCUT2D eigenvalue weighted by molar-refractivity contribution is 9.09. The minimum absolute atomic E-state index is 0.520. The lowest BCUT2D eigenvalue weighted by atomic mass is 9.93. The van der Waals surface area contributed by atoms with Crippen LogP contribution < -0.4 is 4.74 Å². The van der Waals surface area contributed by atoms with Crippen molar-refractivity contribution < 1.29 is 14.9 Å². The first-order chi connectivity index (χ1) is 8.01. The summed E-state index contributed by atoms with van der Waals surface area (Å²) >= 11 is 3.26. The van der Waals surface area contributed by atoms with E-state index in [0.29, 0.717) is 11.8 Å². The number of aliphatic hydroxyl groups is 2. The van der Waals surface area contributed by atoms with Crippen molar-refractivity contribution in [1.29, 1.82) is 0 Å². The molecule has 2 atom stereocenters. The van der Waals surface area contributed by atoms with Gasteiger partial charge in [-0.2, -0.15) is 0 Å². The molecule has 0 saturated carbocycles. The zero-order chi connectivity index (χ0) is 13.0. The number of hydrogen-bond acceptors (Lipinski definition) is 3. The fraction of sp³-hybridized carbons (Fsp3) is 0.538. The largest absolute Gasteiger partial charge is 0.497 e. The summed E-state index contributed by atoms with van der Waals surface area (Å²) in [6.45, 7) is 3.82. The molecule has 0 spiro atoms. The summed E-state index contributed by atoms with van der Waals surface area (Å²) in [5, 5.41) is 20.6. The Morgan fingerprint density at radius 1 is 1.24 bits per heavy atom. The van der Waals surface area contributed by atoms with Gasteiger partial charge in [0.15, 0.2) is 0 Å². The predicted octanol–water partition coefficient (Wildman–Crippen LogP) is 2.49. The van der Waals surface area contributed by atoms with Crippen LogP contribution >= 0.6 is 15.9 Å². The van der Waals surface area contributed by atoms with Crippen molar-refractivity contribution in [1.82, 2.24) is 0 Å². The van der Waals surface area contributed by atoms with Crippen molar-refractivity contribution >= 4 is 15.9 Å². The number of methoxy groups -OCH3 is 1. The van der Waals surface area contributed by atoms with Crippen LogP contribution in [-0.2, 0) is 0 Å². The van der Waals surface area contributed by atoms with Crippen LogP contribution in [0.5, 0.6) is 5.75 Å². The third kappa shape index (κ3) is 3.44. The Labute approximate surface area is 111 Å². The SMILES string of the molecule is COc1cc(C)c(C(O)C(O)CCBr)c(C)c1. The summed E-state index contributed by atoms with van der Waals surface area (Å²) in [6.07, 6.45) is -1.08. The van der Waals surface area contributed by atoms with Gasteiger partial charge in [0, 0.05) is 5.33 Å². The number of aliphatic hydroxyl groups excluding tert-OH is 2. The van der Waals surface area contributed by atoms with Crippen LogP contribution in [0.25, 0.3) is 0 Å². The van der Waals surface area contributed by atoms with Gasteiger partial charge in [0.05, 0.1) is 13.2 Å². The number of alkyl halides is 1. The van der Waals surface area contributed by atoms with Crippen LogP contribution in [0, 0.1) is 13.8 Å². The van der Waals surface area contributed by atoms with Crippen molar-refractivity contribution in [2.75, 3.05) is 12.4 Å². The molecule has 1 aromatic rings. The van der Waals surface area contributed by atoms with Crippen LogP contribution in [0.15, 0.2) is 12.1 Å². The standard InChI is InChI=1S/C13H19BrO3/c1-8-6-10(17-3)7-9(2)12(8)13(16)11(15)4-5-14/h6-7,11,13,15-16H,4-5H2,1-3H3. The van der Waals surface area contributed by atoms with E-state index in [4.69, 9.17) is 4.74 Å². The van der Waals surface area contributed by atoms with Gasteiger partial charge in [-0.15, -0.1) is 0 Å². The van der Waals surface area contributed by atoms with Crippen molar-refractivity contribution in [2.45, 2.75) is 32.5 Å². The fourth-order valence-electron chi connectivity index (χ4n) is 1.98. The third-order valence-electron chi connectivity index (χ3n) is 2.87. The zero-order valence-electron chi connectivity index (χ0n) is 10.4. The van der Waals surface area contributed by atoms with Crippen molar-refractivity contribution in [3.63, 3.8) is 0 Å². The summed E-state index contributed by atoms with van der Waals surface area (Å²) in [7, 11) is 1.62. The maximum Gasteiger partial charge on any atom is 0.119 e. The molecule has 1 rings (SSSR count). The predicted molar refractivity (Wildman–Crippen MR) is 71.8 cm³/mol. The van der Waals surface area contributed by atoms with Crippen LogP contribution in [0.1, 0.15) is 29.2 Å². The lowest BCUT2D eigenvalue weighted by molar-refractivity contribution is 0.0166. The lowest BCUT2D eigenvalue weighted by Crippen LogP contribution is -2.20. The molecular weight excluding hydrogens is 284 g/mol. The number of halogens is 1. The minimum atomic E-state index is -0.849. The first kappa shape index (κ1) is 14.5. The molecule has 17 heavy (non-hydrogen) atoms. The van der Waals surface area contributed by atoms with E-state index in [0.717, 1.165) is 22.4 Å². The molecule has 0 aliphatic rings. The minimum Gasteiger partial charge on any atom is -0.497 e. The van der Waals surface area contributed by atoms with Gasteiger partial charge in [0.2, 0.25) is 0 Å². The second-order valence-corrected chi connectivity index (χ2v) is 4.96. The van der Waals surface area contributed by atoms with Gasteiger partial charge in [-0.1, -0.05) is 15.9 Å². The van der Waals surface area contributed by atoms with Gasteiger partial charge >= 0.3 is 0 Å². The molecule has 3 nitrogen and oxygen atoms in total. The molecule has 0 saturated heterocycles.